The quantitative estimate of drug-likeness (QED) is 0.781. The van der Waals surface area contributed by atoms with Crippen LogP contribution in [0.1, 0.15) is 18.4 Å². The molecule has 15 heavy (non-hydrogen) atoms. The molecular weight excluding hydrogens is 188 g/mol. The van der Waals surface area contributed by atoms with Crippen LogP contribution >= 0.6 is 0 Å². The summed E-state index contributed by atoms with van der Waals surface area (Å²) in [5.74, 6) is 0.412. The number of hydrogen-bond acceptors (Lipinski definition) is 2. The van der Waals surface area contributed by atoms with Gasteiger partial charge in [0.05, 0.1) is 0 Å². The third-order valence-corrected chi connectivity index (χ3v) is 2.60. The SMILES string of the molecule is NCCc1ccc(NC(=O)C2CC2)cc1. The van der Waals surface area contributed by atoms with E-state index in [2.05, 4.69) is 5.32 Å². The van der Waals surface area contributed by atoms with Crippen molar-refractivity contribution in [2.24, 2.45) is 11.7 Å². The minimum atomic E-state index is 0.154. The molecule has 1 aromatic carbocycles. The summed E-state index contributed by atoms with van der Waals surface area (Å²) in [5.41, 5.74) is 7.55. The van der Waals surface area contributed by atoms with Gasteiger partial charge in [-0.2, -0.15) is 0 Å². The number of rotatable bonds is 4. The van der Waals surface area contributed by atoms with E-state index in [1.165, 1.54) is 5.56 Å². The van der Waals surface area contributed by atoms with E-state index < -0.39 is 0 Å². The lowest BCUT2D eigenvalue weighted by Gasteiger charge is -2.05. The first kappa shape index (κ1) is 10.2. The Morgan fingerprint density at radius 1 is 1.33 bits per heavy atom. The van der Waals surface area contributed by atoms with Gasteiger partial charge < -0.3 is 11.1 Å². The topological polar surface area (TPSA) is 55.1 Å². The largest absolute Gasteiger partial charge is 0.330 e. The molecule has 80 valence electrons. The zero-order chi connectivity index (χ0) is 10.7. The summed E-state index contributed by atoms with van der Waals surface area (Å²) in [6.45, 7) is 0.660. The predicted molar refractivity (Wildman–Crippen MR) is 60.6 cm³/mol. The standard InChI is InChI=1S/C12H16N2O/c13-8-7-9-1-5-11(6-2-9)14-12(15)10-3-4-10/h1-2,5-6,10H,3-4,7-8,13H2,(H,14,15). The fourth-order valence-corrected chi connectivity index (χ4v) is 1.51. The summed E-state index contributed by atoms with van der Waals surface area (Å²) in [6, 6.07) is 7.89. The second-order valence-electron chi connectivity index (χ2n) is 4.00. The van der Waals surface area contributed by atoms with Crippen LogP contribution in [-0.2, 0) is 11.2 Å². The average Bonchev–Trinajstić information content (AvgIpc) is 3.04. The molecule has 0 spiro atoms. The molecule has 0 radical (unpaired) electrons. The molecule has 1 aliphatic carbocycles. The Hall–Kier alpha value is -1.35. The Morgan fingerprint density at radius 2 is 2.00 bits per heavy atom. The molecule has 3 heteroatoms. The third kappa shape index (κ3) is 2.80. The second kappa shape index (κ2) is 4.45. The molecule has 0 aromatic heterocycles. The van der Waals surface area contributed by atoms with Crippen molar-refractivity contribution in [3.05, 3.63) is 29.8 Å². The normalized spacial score (nSPS) is 15.0. The minimum Gasteiger partial charge on any atom is -0.330 e. The summed E-state index contributed by atoms with van der Waals surface area (Å²) in [5, 5.41) is 2.90. The van der Waals surface area contributed by atoms with Gasteiger partial charge in [0, 0.05) is 11.6 Å². The van der Waals surface area contributed by atoms with Gasteiger partial charge in [0.25, 0.3) is 0 Å². The fourth-order valence-electron chi connectivity index (χ4n) is 1.51. The molecule has 0 bridgehead atoms. The van der Waals surface area contributed by atoms with Crippen molar-refractivity contribution in [2.75, 3.05) is 11.9 Å². The molecule has 1 aromatic rings. The highest BCUT2D eigenvalue weighted by atomic mass is 16.2. The van der Waals surface area contributed by atoms with Crippen molar-refractivity contribution >= 4 is 11.6 Å². The van der Waals surface area contributed by atoms with Crippen LogP contribution in [0.15, 0.2) is 24.3 Å². The van der Waals surface area contributed by atoms with Crippen LogP contribution in [-0.4, -0.2) is 12.5 Å². The highest BCUT2D eigenvalue weighted by molar-refractivity contribution is 5.93. The lowest BCUT2D eigenvalue weighted by Crippen LogP contribution is -2.13. The summed E-state index contributed by atoms with van der Waals surface area (Å²) < 4.78 is 0. The van der Waals surface area contributed by atoms with E-state index in [-0.39, 0.29) is 11.8 Å². The summed E-state index contributed by atoms with van der Waals surface area (Å²) in [6.07, 6.45) is 2.96. The van der Waals surface area contributed by atoms with Gasteiger partial charge in [0.15, 0.2) is 0 Å². The smallest absolute Gasteiger partial charge is 0.227 e. The van der Waals surface area contributed by atoms with Crippen LogP contribution in [0.4, 0.5) is 5.69 Å². The molecule has 1 amide bonds. The number of anilines is 1. The summed E-state index contributed by atoms with van der Waals surface area (Å²) >= 11 is 0. The lowest BCUT2D eigenvalue weighted by molar-refractivity contribution is -0.117. The van der Waals surface area contributed by atoms with E-state index in [1.54, 1.807) is 0 Å². The maximum Gasteiger partial charge on any atom is 0.227 e. The molecule has 2 rings (SSSR count). The van der Waals surface area contributed by atoms with E-state index in [0.29, 0.717) is 6.54 Å². The van der Waals surface area contributed by atoms with Gasteiger partial charge in [-0.15, -0.1) is 0 Å². The van der Waals surface area contributed by atoms with Gasteiger partial charge in [-0.25, -0.2) is 0 Å². The first-order chi connectivity index (χ1) is 7.29. The molecule has 0 unspecified atom stereocenters. The molecule has 1 aliphatic rings. The van der Waals surface area contributed by atoms with Gasteiger partial charge in [0.2, 0.25) is 5.91 Å². The molecule has 0 aliphatic heterocycles. The predicted octanol–water partition coefficient (Wildman–Crippen LogP) is 1.54. The van der Waals surface area contributed by atoms with Crippen molar-refractivity contribution in [3.63, 3.8) is 0 Å². The van der Waals surface area contributed by atoms with Crippen LogP contribution in [0.2, 0.25) is 0 Å². The van der Waals surface area contributed by atoms with Gasteiger partial charge in [-0.3, -0.25) is 4.79 Å². The van der Waals surface area contributed by atoms with E-state index >= 15 is 0 Å². The van der Waals surface area contributed by atoms with Crippen LogP contribution in [0.3, 0.4) is 0 Å². The van der Waals surface area contributed by atoms with E-state index in [9.17, 15) is 4.79 Å². The monoisotopic (exact) mass is 204 g/mol. The fraction of sp³-hybridized carbons (Fsp3) is 0.417. The molecule has 3 nitrogen and oxygen atoms in total. The molecule has 0 saturated heterocycles. The zero-order valence-electron chi connectivity index (χ0n) is 8.70. The number of nitrogens with one attached hydrogen (secondary N) is 1. The Kier molecular flexibility index (Phi) is 3.02. The van der Waals surface area contributed by atoms with Gasteiger partial charge in [-0.1, -0.05) is 12.1 Å². The van der Waals surface area contributed by atoms with Crippen LogP contribution in [0, 0.1) is 5.92 Å². The van der Waals surface area contributed by atoms with Crippen molar-refractivity contribution in [1.29, 1.82) is 0 Å². The first-order valence-corrected chi connectivity index (χ1v) is 5.39. The molecule has 0 heterocycles. The van der Waals surface area contributed by atoms with Crippen LogP contribution < -0.4 is 11.1 Å². The van der Waals surface area contributed by atoms with Gasteiger partial charge in [0.1, 0.15) is 0 Å². The maximum absolute atomic E-state index is 11.5. The van der Waals surface area contributed by atoms with Gasteiger partial charge in [-0.05, 0) is 43.5 Å². The molecule has 3 N–H and O–H groups in total. The first-order valence-electron chi connectivity index (χ1n) is 5.39. The van der Waals surface area contributed by atoms with Crippen LogP contribution in [0.25, 0.3) is 0 Å². The zero-order valence-corrected chi connectivity index (χ0v) is 8.70. The highest BCUT2D eigenvalue weighted by Gasteiger charge is 2.29. The molecule has 1 saturated carbocycles. The number of benzene rings is 1. The van der Waals surface area contributed by atoms with Gasteiger partial charge >= 0.3 is 0 Å². The summed E-state index contributed by atoms with van der Waals surface area (Å²) in [4.78, 5) is 11.5. The Bertz CT molecular complexity index is 341. The number of carbonyl (C=O) groups is 1. The van der Waals surface area contributed by atoms with E-state index in [1.807, 2.05) is 24.3 Å². The lowest BCUT2D eigenvalue weighted by atomic mass is 10.1. The van der Waals surface area contributed by atoms with Crippen molar-refractivity contribution in [1.82, 2.24) is 0 Å². The highest BCUT2D eigenvalue weighted by Crippen LogP contribution is 2.30. The number of amides is 1. The summed E-state index contributed by atoms with van der Waals surface area (Å²) in [7, 11) is 0. The van der Waals surface area contributed by atoms with Crippen LogP contribution in [0.5, 0.6) is 0 Å². The number of carbonyl (C=O) groups excluding carboxylic acids is 1. The average molecular weight is 204 g/mol. The second-order valence-corrected chi connectivity index (χ2v) is 4.00. The number of nitrogens with two attached hydrogens (primary N) is 1. The Balaban J connectivity index is 1.94. The minimum absolute atomic E-state index is 0.154. The van der Waals surface area contributed by atoms with E-state index in [0.717, 1.165) is 24.9 Å². The molecule has 1 fully saturated rings. The Labute approximate surface area is 89.7 Å². The van der Waals surface area contributed by atoms with Crippen molar-refractivity contribution in [2.45, 2.75) is 19.3 Å². The van der Waals surface area contributed by atoms with E-state index in [4.69, 9.17) is 5.73 Å². The van der Waals surface area contributed by atoms with Crippen molar-refractivity contribution < 1.29 is 4.79 Å². The Morgan fingerprint density at radius 3 is 2.53 bits per heavy atom. The maximum atomic E-state index is 11.5. The molecular formula is C12H16N2O. The number of hydrogen-bond donors (Lipinski definition) is 2. The molecule has 0 atom stereocenters. The van der Waals surface area contributed by atoms with Crippen molar-refractivity contribution in [3.8, 4) is 0 Å². The third-order valence-electron chi connectivity index (χ3n) is 2.60.